The first kappa shape index (κ1) is 16.0. The van der Waals surface area contributed by atoms with E-state index in [2.05, 4.69) is 4.99 Å². The van der Waals surface area contributed by atoms with Crippen LogP contribution < -0.4 is 9.47 Å². The molecule has 0 aliphatic carbocycles. The van der Waals surface area contributed by atoms with E-state index < -0.39 is 11.9 Å². The van der Waals surface area contributed by atoms with Crippen LogP contribution in [-0.2, 0) is 14.3 Å². The van der Waals surface area contributed by atoms with E-state index in [0.717, 1.165) is 0 Å². The number of cyclic esters (lactones) is 1. The molecule has 0 saturated carbocycles. The van der Waals surface area contributed by atoms with Crippen LogP contribution in [0.4, 0.5) is 0 Å². The van der Waals surface area contributed by atoms with Gasteiger partial charge in [0.05, 0.1) is 11.6 Å². The second-order valence-electron chi connectivity index (χ2n) is 4.41. The quantitative estimate of drug-likeness (QED) is 0.484. The van der Waals surface area contributed by atoms with Crippen molar-refractivity contribution in [2.75, 3.05) is 6.61 Å². The van der Waals surface area contributed by atoms with Crippen LogP contribution in [0.15, 0.2) is 22.8 Å². The van der Waals surface area contributed by atoms with E-state index in [1.165, 1.54) is 13.0 Å². The Hall–Kier alpha value is -2.34. The van der Waals surface area contributed by atoms with Gasteiger partial charge in [-0.05, 0) is 30.7 Å². The van der Waals surface area contributed by atoms with Gasteiger partial charge in [0, 0.05) is 13.8 Å². The molecule has 0 radical (unpaired) electrons. The predicted octanol–water partition coefficient (Wildman–Crippen LogP) is 2.98. The van der Waals surface area contributed by atoms with Crippen LogP contribution >= 0.6 is 11.6 Å². The fourth-order valence-corrected chi connectivity index (χ4v) is 2.11. The average Bonchev–Trinajstić information content (AvgIpc) is 2.72. The summed E-state index contributed by atoms with van der Waals surface area (Å²) in [4.78, 5) is 26.7. The van der Waals surface area contributed by atoms with E-state index in [1.807, 2.05) is 0 Å². The summed E-state index contributed by atoms with van der Waals surface area (Å²) < 4.78 is 15.3. The minimum Gasteiger partial charge on any atom is -0.490 e. The number of esters is 2. The highest BCUT2D eigenvalue weighted by Gasteiger charge is 2.20. The van der Waals surface area contributed by atoms with E-state index in [-0.39, 0.29) is 22.4 Å². The summed E-state index contributed by atoms with van der Waals surface area (Å²) in [5, 5.41) is 0.195. The standard InChI is InChI=1S/C15H14ClNO5/c1-4-20-13-7-10(5-11(16)14(13)22-9(3)18)6-12-15(19)21-8(2)17-12/h5-7H,4H2,1-3H3. The minimum atomic E-state index is -0.532. The fourth-order valence-electron chi connectivity index (χ4n) is 1.85. The van der Waals surface area contributed by atoms with Gasteiger partial charge in [0.2, 0.25) is 0 Å². The first-order chi connectivity index (χ1) is 10.4. The number of hydrogen-bond donors (Lipinski definition) is 0. The summed E-state index contributed by atoms with van der Waals surface area (Å²) in [6.07, 6.45) is 1.52. The molecule has 0 spiro atoms. The van der Waals surface area contributed by atoms with Crippen LogP contribution in [0, 0.1) is 0 Å². The number of rotatable bonds is 4. The Morgan fingerprint density at radius 3 is 2.73 bits per heavy atom. The number of nitrogens with zero attached hydrogens (tertiary/aromatic N) is 1. The van der Waals surface area contributed by atoms with Gasteiger partial charge in [0.25, 0.3) is 0 Å². The van der Waals surface area contributed by atoms with Crippen molar-refractivity contribution in [3.63, 3.8) is 0 Å². The monoisotopic (exact) mass is 323 g/mol. The molecule has 0 saturated heterocycles. The molecule has 1 aliphatic rings. The summed E-state index contributed by atoms with van der Waals surface area (Å²) in [5.74, 6) is -0.302. The van der Waals surface area contributed by atoms with Crippen molar-refractivity contribution in [1.29, 1.82) is 0 Å². The van der Waals surface area contributed by atoms with E-state index in [9.17, 15) is 9.59 Å². The number of ether oxygens (including phenoxy) is 3. The minimum absolute atomic E-state index is 0.145. The summed E-state index contributed by atoms with van der Waals surface area (Å²) in [6.45, 7) is 5.01. The highest BCUT2D eigenvalue weighted by molar-refractivity contribution is 6.32. The summed E-state index contributed by atoms with van der Waals surface area (Å²) in [7, 11) is 0. The molecule has 6 nitrogen and oxygen atoms in total. The maximum absolute atomic E-state index is 11.6. The highest BCUT2D eigenvalue weighted by Crippen LogP contribution is 2.37. The Morgan fingerprint density at radius 2 is 2.18 bits per heavy atom. The maximum atomic E-state index is 11.6. The lowest BCUT2D eigenvalue weighted by atomic mass is 10.1. The number of aliphatic imine (C=N–C) groups is 1. The van der Waals surface area contributed by atoms with Crippen LogP contribution in [0.1, 0.15) is 26.3 Å². The van der Waals surface area contributed by atoms with Gasteiger partial charge in [-0.3, -0.25) is 4.79 Å². The Balaban J connectivity index is 2.44. The van der Waals surface area contributed by atoms with Crippen LogP contribution in [0.25, 0.3) is 6.08 Å². The van der Waals surface area contributed by atoms with Crippen LogP contribution in [0.5, 0.6) is 11.5 Å². The molecule has 0 unspecified atom stereocenters. The SMILES string of the molecule is CCOc1cc(C=C2N=C(C)OC2=O)cc(Cl)c1OC(C)=O. The number of carbonyl (C=O) groups is 2. The van der Waals surface area contributed by atoms with E-state index in [0.29, 0.717) is 17.9 Å². The van der Waals surface area contributed by atoms with Gasteiger partial charge in [0.1, 0.15) is 0 Å². The van der Waals surface area contributed by atoms with Gasteiger partial charge < -0.3 is 14.2 Å². The molecule has 116 valence electrons. The third kappa shape index (κ3) is 3.65. The number of halogens is 1. The largest absolute Gasteiger partial charge is 0.490 e. The van der Waals surface area contributed by atoms with Gasteiger partial charge in [-0.15, -0.1) is 0 Å². The highest BCUT2D eigenvalue weighted by atomic mass is 35.5. The maximum Gasteiger partial charge on any atom is 0.363 e. The zero-order valence-corrected chi connectivity index (χ0v) is 13.1. The number of hydrogen-bond acceptors (Lipinski definition) is 6. The third-order valence-electron chi connectivity index (χ3n) is 2.61. The predicted molar refractivity (Wildman–Crippen MR) is 81.1 cm³/mol. The van der Waals surface area contributed by atoms with Crippen molar-refractivity contribution in [2.45, 2.75) is 20.8 Å². The van der Waals surface area contributed by atoms with Crippen molar-refractivity contribution in [2.24, 2.45) is 4.99 Å². The Bertz CT molecular complexity index is 693. The second kappa shape index (κ2) is 6.62. The van der Waals surface area contributed by atoms with Gasteiger partial charge >= 0.3 is 11.9 Å². The molecular formula is C15H14ClNO5. The zero-order valence-electron chi connectivity index (χ0n) is 12.3. The van der Waals surface area contributed by atoms with E-state index >= 15 is 0 Å². The van der Waals surface area contributed by atoms with Gasteiger partial charge in [0.15, 0.2) is 23.1 Å². The molecule has 0 bridgehead atoms. The smallest absolute Gasteiger partial charge is 0.363 e. The molecule has 0 fully saturated rings. The van der Waals surface area contributed by atoms with Crippen molar-refractivity contribution in [3.05, 3.63) is 28.4 Å². The van der Waals surface area contributed by atoms with Crippen molar-refractivity contribution in [1.82, 2.24) is 0 Å². The average molecular weight is 324 g/mol. The second-order valence-corrected chi connectivity index (χ2v) is 4.81. The lowest BCUT2D eigenvalue weighted by molar-refractivity contribution is -0.132. The first-order valence-corrected chi connectivity index (χ1v) is 6.92. The summed E-state index contributed by atoms with van der Waals surface area (Å²) >= 11 is 6.13. The van der Waals surface area contributed by atoms with Gasteiger partial charge in [-0.25, -0.2) is 9.79 Å². The first-order valence-electron chi connectivity index (χ1n) is 6.54. The van der Waals surface area contributed by atoms with E-state index in [1.54, 1.807) is 26.0 Å². The molecule has 0 atom stereocenters. The van der Waals surface area contributed by atoms with Crippen molar-refractivity contribution >= 4 is 35.5 Å². The summed E-state index contributed by atoms with van der Waals surface area (Å²) in [6, 6.07) is 3.16. The molecule has 7 heteroatoms. The van der Waals surface area contributed by atoms with Gasteiger partial charge in [-0.1, -0.05) is 11.6 Å². The molecule has 1 aromatic carbocycles. The van der Waals surface area contributed by atoms with Crippen molar-refractivity contribution < 1.29 is 23.8 Å². The van der Waals surface area contributed by atoms with Crippen molar-refractivity contribution in [3.8, 4) is 11.5 Å². The molecule has 0 amide bonds. The normalized spacial score (nSPS) is 15.5. The topological polar surface area (TPSA) is 74.2 Å². The fraction of sp³-hybridized carbons (Fsp3) is 0.267. The van der Waals surface area contributed by atoms with Crippen LogP contribution in [-0.4, -0.2) is 24.4 Å². The Kier molecular flexibility index (Phi) is 4.82. The molecular weight excluding hydrogens is 310 g/mol. The molecule has 1 heterocycles. The van der Waals surface area contributed by atoms with E-state index in [4.69, 9.17) is 25.8 Å². The van der Waals surface area contributed by atoms with Gasteiger partial charge in [-0.2, -0.15) is 0 Å². The molecule has 0 aromatic heterocycles. The third-order valence-corrected chi connectivity index (χ3v) is 2.89. The molecule has 0 N–H and O–H groups in total. The lowest BCUT2D eigenvalue weighted by Crippen LogP contribution is -2.05. The van der Waals surface area contributed by atoms with Crippen LogP contribution in [0.3, 0.4) is 0 Å². The Labute approximate surface area is 132 Å². The molecule has 1 aliphatic heterocycles. The lowest BCUT2D eigenvalue weighted by Gasteiger charge is -2.12. The Morgan fingerprint density at radius 1 is 1.45 bits per heavy atom. The van der Waals surface area contributed by atoms with Crippen LogP contribution in [0.2, 0.25) is 5.02 Å². The molecule has 1 aromatic rings. The summed E-state index contributed by atoms with van der Waals surface area (Å²) in [5.41, 5.74) is 0.742. The number of carbonyl (C=O) groups excluding carboxylic acids is 2. The number of benzene rings is 1. The molecule has 2 rings (SSSR count). The zero-order chi connectivity index (χ0) is 16.3. The molecule has 22 heavy (non-hydrogen) atoms.